The van der Waals surface area contributed by atoms with Crippen LogP contribution in [-0.4, -0.2) is 33.1 Å². The number of amides is 2. The summed E-state index contributed by atoms with van der Waals surface area (Å²) in [6.07, 6.45) is 0.579. The largest absolute Gasteiger partial charge is 0.493 e. The summed E-state index contributed by atoms with van der Waals surface area (Å²) in [6, 6.07) is 10.7. The fourth-order valence-electron chi connectivity index (χ4n) is 2.69. The smallest absolute Gasteiger partial charge is 0.269 e. The predicted octanol–water partition coefficient (Wildman–Crippen LogP) is 2.41. The van der Waals surface area contributed by atoms with Gasteiger partial charge in [0.2, 0.25) is 11.7 Å². The molecule has 0 radical (unpaired) electrons. The van der Waals surface area contributed by atoms with E-state index in [0.717, 1.165) is 11.1 Å². The van der Waals surface area contributed by atoms with Crippen LogP contribution < -0.4 is 25.1 Å². The molecular weight excluding hydrogens is 348 g/mol. The van der Waals surface area contributed by atoms with Gasteiger partial charge in [-0.15, -0.1) is 0 Å². The molecule has 0 atom stereocenters. The Morgan fingerprint density at radius 1 is 0.889 bits per heavy atom. The summed E-state index contributed by atoms with van der Waals surface area (Å²) >= 11 is 0. The summed E-state index contributed by atoms with van der Waals surface area (Å²) in [5.74, 6) is 0.881. The molecule has 2 amide bonds. The number of nitrogens with one attached hydrogen (secondary N) is 2. The molecule has 0 fully saturated rings. The van der Waals surface area contributed by atoms with E-state index in [1.807, 2.05) is 25.1 Å². The van der Waals surface area contributed by atoms with Crippen molar-refractivity contribution in [3.63, 3.8) is 0 Å². The Kier molecular flexibility index (Phi) is 7.05. The Bertz CT molecular complexity index is 820. The monoisotopic (exact) mass is 372 g/mol. The van der Waals surface area contributed by atoms with Crippen LogP contribution in [0.5, 0.6) is 17.2 Å². The lowest BCUT2D eigenvalue weighted by Gasteiger charge is -2.15. The Morgan fingerprint density at radius 3 is 2.22 bits per heavy atom. The van der Waals surface area contributed by atoms with Gasteiger partial charge in [-0.2, -0.15) is 0 Å². The number of methoxy groups -OCH3 is 3. The van der Waals surface area contributed by atoms with Gasteiger partial charge in [-0.25, -0.2) is 0 Å². The van der Waals surface area contributed by atoms with E-state index in [-0.39, 0.29) is 18.2 Å². The average molecular weight is 372 g/mol. The van der Waals surface area contributed by atoms with E-state index in [4.69, 9.17) is 14.2 Å². The van der Waals surface area contributed by atoms with Crippen LogP contribution in [0.15, 0.2) is 36.4 Å². The lowest BCUT2D eigenvalue weighted by atomic mass is 10.1. The number of rotatable bonds is 7. The summed E-state index contributed by atoms with van der Waals surface area (Å²) in [6.45, 7) is 1.83. The zero-order chi connectivity index (χ0) is 19.8. The van der Waals surface area contributed by atoms with Crippen LogP contribution in [-0.2, 0) is 11.2 Å². The van der Waals surface area contributed by atoms with Crippen molar-refractivity contribution < 1.29 is 23.8 Å². The van der Waals surface area contributed by atoms with Crippen molar-refractivity contribution in [1.82, 2.24) is 10.9 Å². The van der Waals surface area contributed by atoms with Crippen molar-refractivity contribution in [2.24, 2.45) is 0 Å². The molecule has 2 N–H and O–H groups in total. The SMILES string of the molecule is COc1ccc(CCC(=O)NNC(=O)c2ccccc2C)c(OC)c1OC. The third kappa shape index (κ3) is 4.91. The van der Waals surface area contributed by atoms with Crippen molar-refractivity contribution >= 4 is 11.8 Å². The molecule has 0 saturated heterocycles. The van der Waals surface area contributed by atoms with Crippen LogP contribution in [0.1, 0.15) is 27.9 Å². The second kappa shape index (κ2) is 9.47. The van der Waals surface area contributed by atoms with Gasteiger partial charge in [-0.3, -0.25) is 20.4 Å². The molecule has 27 heavy (non-hydrogen) atoms. The van der Waals surface area contributed by atoms with Gasteiger partial charge >= 0.3 is 0 Å². The van der Waals surface area contributed by atoms with E-state index in [0.29, 0.717) is 29.2 Å². The number of carbonyl (C=O) groups excluding carboxylic acids is 2. The summed E-state index contributed by atoms with van der Waals surface area (Å²) < 4.78 is 16.0. The topological polar surface area (TPSA) is 85.9 Å². The number of hydrogen-bond acceptors (Lipinski definition) is 5. The lowest BCUT2D eigenvalue weighted by molar-refractivity contribution is -0.121. The fraction of sp³-hybridized carbons (Fsp3) is 0.300. The molecule has 2 aromatic rings. The van der Waals surface area contributed by atoms with Crippen LogP contribution in [0, 0.1) is 6.92 Å². The zero-order valence-corrected chi connectivity index (χ0v) is 15.9. The highest BCUT2D eigenvalue weighted by Gasteiger charge is 2.17. The molecule has 7 nitrogen and oxygen atoms in total. The van der Waals surface area contributed by atoms with Crippen molar-refractivity contribution in [2.75, 3.05) is 21.3 Å². The highest BCUT2D eigenvalue weighted by Crippen LogP contribution is 2.40. The molecule has 0 bridgehead atoms. The molecule has 2 rings (SSSR count). The summed E-state index contributed by atoms with van der Waals surface area (Å²) in [5, 5.41) is 0. The molecule has 0 saturated carbocycles. The number of carbonyl (C=O) groups is 2. The maximum absolute atomic E-state index is 12.1. The number of ether oxygens (including phenoxy) is 3. The predicted molar refractivity (Wildman–Crippen MR) is 101 cm³/mol. The molecule has 0 unspecified atom stereocenters. The highest BCUT2D eigenvalue weighted by atomic mass is 16.5. The number of hydrazine groups is 1. The van der Waals surface area contributed by atoms with Gasteiger partial charge in [-0.05, 0) is 36.6 Å². The van der Waals surface area contributed by atoms with Crippen molar-refractivity contribution in [3.8, 4) is 17.2 Å². The standard InChI is InChI=1S/C20H24N2O5/c1-13-7-5-6-8-15(13)20(24)22-21-17(23)12-10-14-9-11-16(25-2)19(27-4)18(14)26-3/h5-9,11H,10,12H2,1-4H3,(H,21,23)(H,22,24). The second-order valence-electron chi connectivity index (χ2n) is 5.81. The highest BCUT2D eigenvalue weighted by molar-refractivity contribution is 5.96. The second-order valence-corrected chi connectivity index (χ2v) is 5.81. The van der Waals surface area contributed by atoms with Crippen LogP contribution >= 0.6 is 0 Å². The minimum absolute atomic E-state index is 0.167. The first-order valence-electron chi connectivity index (χ1n) is 8.44. The molecular formula is C20H24N2O5. The first-order valence-corrected chi connectivity index (χ1v) is 8.44. The first kappa shape index (κ1) is 20.1. The van der Waals surface area contributed by atoms with Crippen LogP contribution in [0.25, 0.3) is 0 Å². The van der Waals surface area contributed by atoms with Gasteiger partial charge in [0.1, 0.15) is 0 Å². The Morgan fingerprint density at radius 2 is 1.59 bits per heavy atom. The molecule has 0 aliphatic rings. The van der Waals surface area contributed by atoms with E-state index in [9.17, 15) is 9.59 Å². The molecule has 0 aromatic heterocycles. The van der Waals surface area contributed by atoms with Crippen LogP contribution in [0.3, 0.4) is 0 Å². The van der Waals surface area contributed by atoms with E-state index in [1.165, 1.54) is 14.2 Å². The molecule has 2 aromatic carbocycles. The van der Waals surface area contributed by atoms with Gasteiger partial charge < -0.3 is 14.2 Å². The van der Waals surface area contributed by atoms with E-state index in [2.05, 4.69) is 10.9 Å². The number of aryl methyl sites for hydroxylation is 2. The third-order valence-electron chi connectivity index (χ3n) is 4.11. The quantitative estimate of drug-likeness (QED) is 0.729. The third-order valence-corrected chi connectivity index (χ3v) is 4.11. The minimum atomic E-state index is -0.356. The maximum Gasteiger partial charge on any atom is 0.269 e. The molecule has 7 heteroatoms. The van der Waals surface area contributed by atoms with Gasteiger partial charge in [0, 0.05) is 12.0 Å². The average Bonchev–Trinajstić information content (AvgIpc) is 2.69. The summed E-state index contributed by atoms with van der Waals surface area (Å²) in [7, 11) is 4.60. The lowest BCUT2D eigenvalue weighted by Crippen LogP contribution is -2.41. The Labute approximate surface area is 158 Å². The van der Waals surface area contributed by atoms with Gasteiger partial charge in [0.05, 0.1) is 21.3 Å². The minimum Gasteiger partial charge on any atom is -0.493 e. The van der Waals surface area contributed by atoms with Crippen LogP contribution in [0.2, 0.25) is 0 Å². The van der Waals surface area contributed by atoms with Crippen LogP contribution in [0.4, 0.5) is 0 Å². The number of benzene rings is 2. The fourth-order valence-corrected chi connectivity index (χ4v) is 2.69. The summed E-state index contributed by atoms with van der Waals surface area (Å²) in [5.41, 5.74) is 7.01. The van der Waals surface area contributed by atoms with Crippen molar-refractivity contribution in [1.29, 1.82) is 0 Å². The van der Waals surface area contributed by atoms with Crippen molar-refractivity contribution in [2.45, 2.75) is 19.8 Å². The Balaban J connectivity index is 1.96. The molecule has 0 heterocycles. The van der Waals surface area contributed by atoms with Gasteiger partial charge in [-0.1, -0.05) is 24.3 Å². The van der Waals surface area contributed by atoms with E-state index in [1.54, 1.807) is 25.3 Å². The Hall–Kier alpha value is -3.22. The van der Waals surface area contributed by atoms with Gasteiger partial charge in [0.15, 0.2) is 11.5 Å². The zero-order valence-electron chi connectivity index (χ0n) is 15.9. The molecule has 0 aliphatic heterocycles. The molecule has 0 spiro atoms. The van der Waals surface area contributed by atoms with Gasteiger partial charge in [0.25, 0.3) is 5.91 Å². The molecule has 0 aliphatic carbocycles. The number of hydrogen-bond donors (Lipinski definition) is 2. The normalized spacial score (nSPS) is 10.1. The van der Waals surface area contributed by atoms with E-state index >= 15 is 0 Å². The summed E-state index contributed by atoms with van der Waals surface area (Å²) in [4.78, 5) is 24.2. The van der Waals surface area contributed by atoms with Crippen molar-refractivity contribution in [3.05, 3.63) is 53.1 Å². The maximum atomic E-state index is 12.1. The van der Waals surface area contributed by atoms with E-state index < -0.39 is 0 Å². The molecule has 144 valence electrons. The first-order chi connectivity index (χ1) is 13.0.